The predicted molar refractivity (Wildman–Crippen MR) is 24.5 cm³/mol. The minimum atomic E-state index is -0.943. The van der Waals surface area contributed by atoms with Gasteiger partial charge >= 0.3 is 17.4 Å². The zero-order valence-electron chi connectivity index (χ0n) is 4.85. The van der Waals surface area contributed by atoms with Crippen LogP contribution in [0, 0.1) is 0 Å². The van der Waals surface area contributed by atoms with E-state index in [4.69, 9.17) is 0 Å². The SMILES string of the molecule is CCCCC(=O)[O-].[Cr+3]. The summed E-state index contributed by atoms with van der Waals surface area (Å²) in [5.41, 5.74) is 0. The molecular weight excluding hydrogens is 144 g/mol. The third-order valence-corrected chi connectivity index (χ3v) is 0.734. The van der Waals surface area contributed by atoms with Crippen LogP contribution in [0.1, 0.15) is 26.2 Å². The van der Waals surface area contributed by atoms with E-state index in [9.17, 15) is 9.90 Å². The molecule has 0 heterocycles. The van der Waals surface area contributed by atoms with Gasteiger partial charge in [-0.2, -0.15) is 0 Å². The van der Waals surface area contributed by atoms with Crippen LogP contribution in [0.5, 0.6) is 0 Å². The average Bonchev–Trinajstić information content (AvgIpc) is 1.61. The van der Waals surface area contributed by atoms with Crippen molar-refractivity contribution in [3.05, 3.63) is 0 Å². The molecule has 0 rings (SSSR count). The van der Waals surface area contributed by atoms with E-state index in [0.29, 0.717) is 0 Å². The van der Waals surface area contributed by atoms with Crippen LogP contribution < -0.4 is 5.11 Å². The Morgan fingerprint density at radius 1 is 1.62 bits per heavy atom. The molecular formula is C5H9CrO2+2. The van der Waals surface area contributed by atoms with Crippen LogP contribution in [0.25, 0.3) is 0 Å². The second-order valence-corrected chi connectivity index (χ2v) is 1.48. The fourth-order valence-electron chi connectivity index (χ4n) is 0.321. The minimum Gasteiger partial charge on any atom is -0.550 e. The molecule has 1 radical (unpaired) electrons. The van der Waals surface area contributed by atoms with E-state index in [1.54, 1.807) is 0 Å². The second kappa shape index (κ2) is 7.00. The molecule has 0 atom stereocenters. The molecule has 0 aromatic carbocycles. The first-order valence-electron chi connectivity index (χ1n) is 2.47. The molecule has 0 spiro atoms. The average molecular weight is 153 g/mol. The van der Waals surface area contributed by atoms with Crippen molar-refractivity contribution in [2.75, 3.05) is 0 Å². The van der Waals surface area contributed by atoms with Crippen molar-refractivity contribution < 1.29 is 27.3 Å². The molecule has 0 aliphatic carbocycles. The molecule has 0 N–H and O–H groups in total. The number of unbranched alkanes of at least 4 members (excludes halogenated alkanes) is 1. The van der Waals surface area contributed by atoms with E-state index in [2.05, 4.69) is 0 Å². The summed E-state index contributed by atoms with van der Waals surface area (Å²) in [5, 5.41) is 9.65. The Labute approximate surface area is 60.0 Å². The standard InChI is InChI=1S/C5H10O2.Cr/c1-2-3-4-5(6)7;/h2-4H2,1H3,(H,6,7);/q;+3/p-1. The van der Waals surface area contributed by atoms with Crippen molar-refractivity contribution >= 4 is 5.97 Å². The molecule has 8 heavy (non-hydrogen) atoms. The van der Waals surface area contributed by atoms with Crippen molar-refractivity contribution in [2.45, 2.75) is 26.2 Å². The topological polar surface area (TPSA) is 40.1 Å². The van der Waals surface area contributed by atoms with Gasteiger partial charge in [0.15, 0.2) is 0 Å². The molecule has 0 saturated carbocycles. The maximum atomic E-state index is 9.65. The smallest absolute Gasteiger partial charge is 0.550 e. The molecule has 0 bridgehead atoms. The molecule has 0 unspecified atom stereocenters. The fourth-order valence-corrected chi connectivity index (χ4v) is 0.321. The maximum Gasteiger partial charge on any atom is 3.00 e. The van der Waals surface area contributed by atoms with Gasteiger partial charge in [-0.1, -0.05) is 13.3 Å². The number of carboxylic acid groups (broad SMARTS) is 1. The van der Waals surface area contributed by atoms with Crippen molar-refractivity contribution in [1.29, 1.82) is 0 Å². The first kappa shape index (κ1) is 10.9. The second-order valence-electron chi connectivity index (χ2n) is 1.48. The molecule has 0 aromatic heterocycles. The van der Waals surface area contributed by atoms with Gasteiger partial charge in [0.05, 0.1) is 0 Å². The Bertz CT molecular complexity index is 63.4. The molecule has 45 valence electrons. The molecule has 0 aliphatic rings. The van der Waals surface area contributed by atoms with E-state index in [-0.39, 0.29) is 23.8 Å². The zero-order valence-corrected chi connectivity index (χ0v) is 6.12. The van der Waals surface area contributed by atoms with Crippen molar-refractivity contribution in [2.24, 2.45) is 0 Å². The summed E-state index contributed by atoms with van der Waals surface area (Å²) in [5.74, 6) is -0.943. The molecule has 3 heteroatoms. The number of carboxylic acids is 1. The normalized spacial score (nSPS) is 7.62. The van der Waals surface area contributed by atoms with Crippen LogP contribution in [0.3, 0.4) is 0 Å². The van der Waals surface area contributed by atoms with Crippen LogP contribution in [0.15, 0.2) is 0 Å². The van der Waals surface area contributed by atoms with Gasteiger partial charge in [0.1, 0.15) is 0 Å². The Morgan fingerprint density at radius 3 is 2.25 bits per heavy atom. The summed E-state index contributed by atoms with van der Waals surface area (Å²) in [7, 11) is 0. The van der Waals surface area contributed by atoms with Crippen LogP contribution >= 0.6 is 0 Å². The van der Waals surface area contributed by atoms with Crippen molar-refractivity contribution in [1.82, 2.24) is 0 Å². The first-order valence-corrected chi connectivity index (χ1v) is 2.47. The summed E-state index contributed by atoms with van der Waals surface area (Å²) >= 11 is 0. The minimum absolute atomic E-state index is 0. The number of hydrogen-bond donors (Lipinski definition) is 0. The Kier molecular flexibility index (Phi) is 9.53. The third-order valence-electron chi connectivity index (χ3n) is 0.734. The van der Waals surface area contributed by atoms with Crippen molar-refractivity contribution in [3.63, 3.8) is 0 Å². The van der Waals surface area contributed by atoms with Crippen LogP contribution in [-0.2, 0) is 22.2 Å². The monoisotopic (exact) mass is 153 g/mol. The van der Waals surface area contributed by atoms with E-state index in [0.717, 1.165) is 12.8 Å². The zero-order chi connectivity index (χ0) is 5.70. The maximum absolute atomic E-state index is 9.65. The van der Waals surface area contributed by atoms with E-state index < -0.39 is 5.97 Å². The molecule has 0 aliphatic heterocycles. The van der Waals surface area contributed by atoms with Gasteiger partial charge in [-0.15, -0.1) is 0 Å². The van der Waals surface area contributed by atoms with Gasteiger partial charge in [-0.3, -0.25) is 0 Å². The van der Waals surface area contributed by atoms with Gasteiger partial charge in [0, 0.05) is 5.97 Å². The van der Waals surface area contributed by atoms with Crippen molar-refractivity contribution in [3.8, 4) is 0 Å². The number of carbonyl (C=O) groups is 1. The number of carbonyl (C=O) groups excluding carboxylic acids is 1. The Balaban J connectivity index is 0. The summed E-state index contributed by atoms with van der Waals surface area (Å²) < 4.78 is 0. The quantitative estimate of drug-likeness (QED) is 0.569. The van der Waals surface area contributed by atoms with Crippen LogP contribution in [0.4, 0.5) is 0 Å². The molecule has 0 amide bonds. The number of rotatable bonds is 3. The van der Waals surface area contributed by atoms with Crippen LogP contribution in [0.2, 0.25) is 0 Å². The molecule has 0 aromatic rings. The summed E-state index contributed by atoms with van der Waals surface area (Å²) in [6.45, 7) is 1.95. The molecule has 2 nitrogen and oxygen atoms in total. The van der Waals surface area contributed by atoms with Crippen LogP contribution in [-0.4, -0.2) is 5.97 Å². The van der Waals surface area contributed by atoms with Gasteiger partial charge in [0.2, 0.25) is 0 Å². The number of hydrogen-bond acceptors (Lipinski definition) is 2. The Morgan fingerprint density at radius 2 is 2.12 bits per heavy atom. The summed E-state index contributed by atoms with van der Waals surface area (Å²) in [4.78, 5) is 9.65. The van der Waals surface area contributed by atoms with E-state index >= 15 is 0 Å². The van der Waals surface area contributed by atoms with E-state index in [1.165, 1.54) is 0 Å². The van der Waals surface area contributed by atoms with Gasteiger partial charge in [-0.05, 0) is 12.8 Å². The summed E-state index contributed by atoms with van der Waals surface area (Å²) in [6.07, 6.45) is 1.87. The van der Waals surface area contributed by atoms with Gasteiger partial charge < -0.3 is 9.90 Å². The largest absolute Gasteiger partial charge is 3.00 e. The van der Waals surface area contributed by atoms with E-state index in [1.807, 2.05) is 6.92 Å². The third kappa shape index (κ3) is 9.38. The summed E-state index contributed by atoms with van der Waals surface area (Å²) in [6, 6.07) is 0. The van der Waals surface area contributed by atoms with Gasteiger partial charge in [-0.25, -0.2) is 0 Å². The first-order chi connectivity index (χ1) is 3.27. The predicted octanol–water partition coefficient (Wildman–Crippen LogP) is -0.0760. The molecule has 0 saturated heterocycles. The Hall–Kier alpha value is 0.00247. The number of aliphatic carboxylic acids is 1. The van der Waals surface area contributed by atoms with Gasteiger partial charge in [0.25, 0.3) is 0 Å². The fraction of sp³-hybridized carbons (Fsp3) is 0.800. The molecule has 0 fully saturated rings.